The van der Waals surface area contributed by atoms with Gasteiger partial charge in [0.1, 0.15) is 0 Å². The van der Waals surface area contributed by atoms with E-state index < -0.39 is 5.82 Å². The molecule has 0 radical (unpaired) electrons. The van der Waals surface area contributed by atoms with Gasteiger partial charge in [0, 0.05) is 0 Å². The number of piperidine rings is 1. The summed E-state index contributed by atoms with van der Waals surface area (Å²) >= 11 is 0. The Morgan fingerprint density at radius 1 is 1.33 bits per heavy atom. The number of aromatic nitrogens is 2. The zero-order valence-electron chi connectivity index (χ0n) is 11.4. The summed E-state index contributed by atoms with van der Waals surface area (Å²) in [7, 11) is 0. The molecule has 0 saturated carbocycles. The van der Waals surface area contributed by atoms with Gasteiger partial charge in [-0.15, -0.1) is 12.4 Å². The third kappa shape index (κ3) is 3.92. The molecule has 0 spiro atoms. The lowest BCUT2D eigenvalue weighted by Gasteiger charge is -2.19. The van der Waals surface area contributed by atoms with E-state index in [0.717, 1.165) is 19.4 Å². The van der Waals surface area contributed by atoms with Crippen molar-refractivity contribution < 1.29 is 13.7 Å². The first-order valence-corrected chi connectivity index (χ1v) is 6.76. The maximum Gasteiger partial charge on any atom is 0.243 e. The molecule has 0 bridgehead atoms. The fourth-order valence-electron chi connectivity index (χ4n) is 2.23. The highest BCUT2D eigenvalue weighted by Crippen LogP contribution is 2.22. The van der Waals surface area contributed by atoms with E-state index in [-0.39, 0.29) is 30.8 Å². The molecule has 1 unspecified atom stereocenters. The second kappa shape index (κ2) is 7.38. The Hall–Kier alpha value is -1.66. The number of hydrogen-bond acceptors (Lipinski definition) is 5. The van der Waals surface area contributed by atoms with Gasteiger partial charge in [0.05, 0.1) is 6.04 Å². The molecule has 1 aliphatic heterocycles. The molecule has 5 nitrogen and oxygen atoms in total. The Kier molecular flexibility index (Phi) is 5.52. The smallest absolute Gasteiger partial charge is 0.243 e. The van der Waals surface area contributed by atoms with Crippen molar-refractivity contribution in [3.05, 3.63) is 41.8 Å². The van der Waals surface area contributed by atoms with Gasteiger partial charge in [-0.25, -0.2) is 4.39 Å². The molecule has 7 heteroatoms. The number of ether oxygens (including phenoxy) is 1. The van der Waals surface area contributed by atoms with Crippen LogP contribution in [0.4, 0.5) is 4.39 Å². The van der Waals surface area contributed by atoms with Crippen LogP contribution in [0.1, 0.15) is 37.0 Å². The monoisotopic (exact) mass is 313 g/mol. The van der Waals surface area contributed by atoms with Gasteiger partial charge in [-0.2, -0.15) is 4.98 Å². The van der Waals surface area contributed by atoms with Gasteiger partial charge in [-0.05, 0) is 31.5 Å². The Morgan fingerprint density at radius 3 is 2.95 bits per heavy atom. The molecule has 3 rings (SSSR count). The minimum Gasteiger partial charge on any atom is -0.482 e. The van der Waals surface area contributed by atoms with E-state index in [2.05, 4.69) is 15.5 Å². The van der Waals surface area contributed by atoms with Crippen molar-refractivity contribution in [3.63, 3.8) is 0 Å². The standard InChI is InChI=1S/C14H16FN3O2.ClH/c15-10-5-1-2-7-12(10)19-9-13-17-14(20-18-13)11-6-3-4-8-16-11;/h1-2,5,7,11,16H,3-4,6,8-9H2;1H. The number of para-hydroxylation sites is 1. The lowest BCUT2D eigenvalue weighted by atomic mass is 10.1. The average Bonchev–Trinajstić information content (AvgIpc) is 2.96. The van der Waals surface area contributed by atoms with Crippen molar-refractivity contribution in [2.75, 3.05) is 6.54 Å². The van der Waals surface area contributed by atoms with Crippen LogP contribution >= 0.6 is 12.4 Å². The molecular weight excluding hydrogens is 297 g/mol. The van der Waals surface area contributed by atoms with Crippen LogP contribution in [0.2, 0.25) is 0 Å². The minimum atomic E-state index is -0.398. The van der Waals surface area contributed by atoms with Crippen molar-refractivity contribution in [2.24, 2.45) is 0 Å². The number of rotatable bonds is 4. The van der Waals surface area contributed by atoms with E-state index in [1.54, 1.807) is 18.2 Å². The normalized spacial score (nSPS) is 18.0. The summed E-state index contributed by atoms with van der Waals surface area (Å²) in [5, 5.41) is 7.20. The highest BCUT2D eigenvalue weighted by Gasteiger charge is 2.21. The number of halogens is 2. The molecule has 1 N–H and O–H groups in total. The molecular formula is C14H17ClFN3O2. The van der Waals surface area contributed by atoms with Gasteiger partial charge in [0.2, 0.25) is 11.7 Å². The van der Waals surface area contributed by atoms with Gasteiger partial charge in [0.25, 0.3) is 0 Å². The zero-order chi connectivity index (χ0) is 13.8. The Bertz CT molecular complexity index is 573. The van der Waals surface area contributed by atoms with Crippen LogP contribution in [0.5, 0.6) is 5.75 Å². The minimum absolute atomic E-state index is 0. The van der Waals surface area contributed by atoms with Crippen LogP contribution in [0.3, 0.4) is 0 Å². The third-order valence-electron chi connectivity index (χ3n) is 3.29. The summed E-state index contributed by atoms with van der Waals surface area (Å²) in [6, 6.07) is 6.37. The van der Waals surface area contributed by atoms with Crippen molar-refractivity contribution in [1.82, 2.24) is 15.5 Å². The SMILES string of the molecule is Cl.Fc1ccccc1OCc1noc(C2CCCCN2)n1. The number of benzene rings is 1. The first kappa shape index (κ1) is 15.7. The van der Waals surface area contributed by atoms with E-state index in [9.17, 15) is 4.39 Å². The van der Waals surface area contributed by atoms with Crippen molar-refractivity contribution in [1.29, 1.82) is 0 Å². The van der Waals surface area contributed by atoms with Gasteiger partial charge >= 0.3 is 0 Å². The van der Waals surface area contributed by atoms with E-state index in [4.69, 9.17) is 9.26 Å². The molecule has 114 valence electrons. The summed E-state index contributed by atoms with van der Waals surface area (Å²) in [4.78, 5) is 4.29. The van der Waals surface area contributed by atoms with Crippen molar-refractivity contribution in [2.45, 2.75) is 31.9 Å². The van der Waals surface area contributed by atoms with E-state index >= 15 is 0 Å². The Morgan fingerprint density at radius 2 is 2.19 bits per heavy atom. The predicted molar refractivity (Wildman–Crippen MR) is 76.9 cm³/mol. The van der Waals surface area contributed by atoms with Gasteiger partial charge in [-0.1, -0.05) is 23.7 Å². The first-order valence-electron chi connectivity index (χ1n) is 6.76. The quantitative estimate of drug-likeness (QED) is 0.940. The molecule has 21 heavy (non-hydrogen) atoms. The van der Waals surface area contributed by atoms with Gasteiger partial charge in [-0.3, -0.25) is 0 Å². The van der Waals surface area contributed by atoms with E-state index in [0.29, 0.717) is 11.7 Å². The summed E-state index contributed by atoms with van der Waals surface area (Å²) in [6.07, 6.45) is 3.32. The summed E-state index contributed by atoms with van der Waals surface area (Å²) in [5.41, 5.74) is 0. The molecule has 2 heterocycles. The molecule has 1 aromatic carbocycles. The second-order valence-electron chi connectivity index (χ2n) is 4.77. The number of nitrogens with zero attached hydrogens (tertiary/aromatic N) is 2. The topological polar surface area (TPSA) is 60.2 Å². The lowest BCUT2D eigenvalue weighted by Crippen LogP contribution is -2.27. The molecule has 0 amide bonds. The molecule has 2 aromatic rings. The fraction of sp³-hybridized carbons (Fsp3) is 0.429. The summed E-state index contributed by atoms with van der Waals surface area (Å²) in [6.45, 7) is 1.06. The number of nitrogens with one attached hydrogen (secondary N) is 1. The third-order valence-corrected chi connectivity index (χ3v) is 3.29. The molecule has 1 saturated heterocycles. The number of hydrogen-bond donors (Lipinski definition) is 1. The largest absolute Gasteiger partial charge is 0.482 e. The Balaban J connectivity index is 0.00000161. The molecule has 1 atom stereocenters. The zero-order valence-corrected chi connectivity index (χ0v) is 12.2. The summed E-state index contributed by atoms with van der Waals surface area (Å²) < 4.78 is 24.0. The van der Waals surface area contributed by atoms with Gasteiger partial charge in [0.15, 0.2) is 18.2 Å². The van der Waals surface area contributed by atoms with Gasteiger partial charge < -0.3 is 14.6 Å². The van der Waals surface area contributed by atoms with Crippen LogP contribution in [-0.2, 0) is 6.61 Å². The van der Waals surface area contributed by atoms with Crippen LogP contribution in [0.25, 0.3) is 0 Å². The highest BCUT2D eigenvalue weighted by molar-refractivity contribution is 5.85. The highest BCUT2D eigenvalue weighted by atomic mass is 35.5. The van der Waals surface area contributed by atoms with Crippen LogP contribution < -0.4 is 10.1 Å². The fourth-order valence-corrected chi connectivity index (χ4v) is 2.23. The summed E-state index contributed by atoms with van der Waals surface area (Å²) in [5.74, 6) is 0.798. The lowest BCUT2D eigenvalue weighted by molar-refractivity contribution is 0.267. The van der Waals surface area contributed by atoms with E-state index in [1.165, 1.54) is 12.5 Å². The average molecular weight is 314 g/mol. The van der Waals surface area contributed by atoms with Crippen molar-refractivity contribution in [3.8, 4) is 5.75 Å². The maximum absolute atomic E-state index is 13.4. The second-order valence-corrected chi connectivity index (χ2v) is 4.77. The van der Waals surface area contributed by atoms with Crippen LogP contribution in [0.15, 0.2) is 28.8 Å². The predicted octanol–water partition coefficient (Wildman–Crippen LogP) is 3.02. The Labute approximate surface area is 128 Å². The molecule has 1 aliphatic rings. The van der Waals surface area contributed by atoms with Crippen LogP contribution in [0, 0.1) is 5.82 Å². The first-order chi connectivity index (χ1) is 9.83. The molecule has 0 aliphatic carbocycles. The van der Waals surface area contributed by atoms with Crippen LogP contribution in [-0.4, -0.2) is 16.7 Å². The maximum atomic E-state index is 13.4. The molecule has 1 aromatic heterocycles. The van der Waals surface area contributed by atoms with Crippen molar-refractivity contribution >= 4 is 12.4 Å². The van der Waals surface area contributed by atoms with E-state index in [1.807, 2.05) is 0 Å². The molecule has 1 fully saturated rings.